The summed E-state index contributed by atoms with van der Waals surface area (Å²) < 4.78 is 58.2. The molecule has 0 spiro atoms. The molecule has 0 bridgehead atoms. The Morgan fingerprint density at radius 2 is 1.96 bits per heavy atom. The summed E-state index contributed by atoms with van der Waals surface area (Å²) in [5, 5.41) is 8.49. The lowest BCUT2D eigenvalue weighted by Gasteiger charge is -2.10. The van der Waals surface area contributed by atoms with Gasteiger partial charge in [0.05, 0.1) is 17.8 Å². The third-order valence-electron chi connectivity index (χ3n) is 3.35. The molecule has 148 valence electrons. The molecule has 2 rings (SSSR count). The maximum Gasteiger partial charge on any atom is 0.343 e. The van der Waals surface area contributed by atoms with Crippen molar-refractivity contribution in [3.8, 4) is 0 Å². The first-order chi connectivity index (χ1) is 12.7. The minimum absolute atomic E-state index is 0.0515. The highest BCUT2D eigenvalue weighted by Crippen LogP contribution is 2.34. The van der Waals surface area contributed by atoms with Crippen molar-refractivity contribution in [1.82, 2.24) is 19.6 Å². The van der Waals surface area contributed by atoms with Gasteiger partial charge in [-0.2, -0.15) is 10.2 Å². The van der Waals surface area contributed by atoms with Crippen molar-refractivity contribution in [2.24, 2.45) is 7.05 Å². The van der Waals surface area contributed by atoms with E-state index in [1.54, 1.807) is 6.92 Å². The first-order valence-corrected chi connectivity index (χ1v) is 7.86. The number of anilines is 1. The molecule has 0 radical (unpaired) electrons. The quantitative estimate of drug-likeness (QED) is 0.558. The Balaban J connectivity index is 2.26. The Hall–Kier alpha value is -2.63. The first-order valence-electron chi connectivity index (χ1n) is 7.48. The van der Waals surface area contributed by atoms with Gasteiger partial charge in [0.2, 0.25) is 5.91 Å². The number of halogens is 5. The van der Waals surface area contributed by atoms with Gasteiger partial charge in [-0.05, 0) is 6.92 Å². The molecule has 0 unspecified atom stereocenters. The van der Waals surface area contributed by atoms with Gasteiger partial charge in [-0.3, -0.25) is 14.2 Å². The van der Waals surface area contributed by atoms with Gasteiger partial charge >= 0.3 is 5.97 Å². The molecule has 1 N–H and O–H groups in total. The average Bonchev–Trinajstić information content (AvgIpc) is 3.08. The molecule has 0 aromatic carbocycles. The molecular formula is C14H14ClF4N5O3. The number of esters is 1. The number of ether oxygens (including phenoxy) is 1. The van der Waals surface area contributed by atoms with Crippen LogP contribution in [0.5, 0.6) is 0 Å². The highest BCUT2D eigenvalue weighted by Gasteiger charge is 2.29. The predicted octanol–water partition coefficient (Wildman–Crippen LogP) is 2.96. The number of nitrogens with one attached hydrogen (secondary N) is 1. The third kappa shape index (κ3) is 4.38. The molecule has 27 heavy (non-hydrogen) atoms. The molecule has 0 aliphatic heterocycles. The lowest BCUT2D eigenvalue weighted by atomic mass is 10.3. The van der Waals surface area contributed by atoms with Crippen LogP contribution in [0.4, 0.5) is 23.4 Å². The van der Waals surface area contributed by atoms with Gasteiger partial charge < -0.3 is 10.1 Å². The second kappa shape index (κ2) is 8.37. The standard InChI is InChI=1S/C14H14ClF4N5O3/c1-3-27-14(26)6-4-20-23(2)13(6)21-7(25)5-24-10(12(18)19)8(15)9(22-24)11(16)17/h4,11-12H,3,5H2,1-2H3,(H,21,25). The van der Waals surface area contributed by atoms with Crippen LogP contribution in [0.1, 0.15) is 41.5 Å². The van der Waals surface area contributed by atoms with Crippen LogP contribution < -0.4 is 5.32 Å². The van der Waals surface area contributed by atoms with Crippen molar-refractivity contribution in [2.45, 2.75) is 26.3 Å². The third-order valence-corrected chi connectivity index (χ3v) is 3.74. The molecule has 0 aliphatic carbocycles. The SMILES string of the molecule is CCOC(=O)c1cnn(C)c1NC(=O)Cn1nc(C(F)F)c(Cl)c1C(F)F. The van der Waals surface area contributed by atoms with Crippen molar-refractivity contribution in [2.75, 3.05) is 11.9 Å². The number of aromatic nitrogens is 4. The van der Waals surface area contributed by atoms with Gasteiger partial charge in [0.15, 0.2) is 0 Å². The number of nitrogens with zero attached hydrogens (tertiary/aromatic N) is 4. The number of hydrogen-bond acceptors (Lipinski definition) is 5. The Bertz CT molecular complexity index is 852. The van der Waals surface area contributed by atoms with Crippen LogP contribution in [-0.2, 0) is 23.1 Å². The summed E-state index contributed by atoms with van der Waals surface area (Å²) in [7, 11) is 1.42. The number of rotatable bonds is 7. The van der Waals surface area contributed by atoms with E-state index < -0.39 is 47.7 Å². The Labute approximate surface area is 155 Å². The van der Waals surface area contributed by atoms with Crippen LogP contribution >= 0.6 is 11.6 Å². The van der Waals surface area contributed by atoms with Crippen molar-refractivity contribution in [1.29, 1.82) is 0 Å². The van der Waals surface area contributed by atoms with Crippen LogP contribution in [0.25, 0.3) is 0 Å². The molecule has 1 amide bonds. The highest BCUT2D eigenvalue weighted by atomic mass is 35.5. The number of amides is 1. The summed E-state index contributed by atoms with van der Waals surface area (Å²) >= 11 is 5.52. The van der Waals surface area contributed by atoms with Crippen molar-refractivity contribution >= 4 is 29.3 Å². The van der Waals surface area contributed by atoms with E-state index in [0.29, 0.717) is 4.68 Å². The van der Waals surface area contributed by atoms with E-state index in [-0.39, 0.29) is 18.0 Å². The van der Waals surface area contributed by atoms with Crippen molar-refractivity contribution in [3.63, 3.8) is 0 Å². The molecule has 0 saturated carbocycles. The van der Waals surface area contributed by atoms with Crippen molar-refractivity contribution in [3.05, 3.63) is 28.2 Å². The zero-order valence-corrected chi connectivity index (χ0v) is 14.8. The predicted molar refractivity (Wildman–Crippen MR) is 84.9 cm³/mol. The lowest BCUT2D eigenvalue weighted by Crippen LogP contribution is -2.23. The molecule has 2 aromatic rings. The van der Waals surface area contributed by atoms with Gasteiger partial charge in [0, 0.05) is 7.05 Å². The van der Waals surface area contributed by atoms with Gasteiger partial charge in [-0.25, -0.2) is 22.4 Å². The number of carbonyl (C=O) groups excluding carboxylic acids is 2. The molecule has 0 atom stereocenters. The number of aryl methyl sites for hydroxylation is 1. The van der Waals surface area contributed by atoms with E-state index in [9.17, 15) is 27.2 Å². The summed E-state index contributed by atoms with van der Waals surface area (Å²) in [5.41, 5.74) is -2.11. The monoisotopic (exact) mass is 411 g/mol. The maximum atomic E-state index is 13.1. The van der Waals surface area contributed by atoms with Crippen molar-refractivity contribution < 1.29 is 31.9 Å². The summed E-state index contributed by atoms with van der Waals surface area (Å²) in [6.45, 7) is 0.834. The maximum absolute atomic E-state index is 13.1. The normalized spacial score (nSPS) is 11.3. The zero-order chi connectivity index (χ0) is 20.3. The number of carbonyl (C=O) groups is 2. The number of hydrogen-bond donors (Lipinski definition) is 1. The molecule has 0 saturated heterocycles. The minimum Gasteiger partial charge on any atom is -0.462 e. The zero-order valence-electron chi connectivity index (χ0n) is 14.0. The van der Waals surface area contributed by atoms with Crippen LogP contribution in [0.2, 0.25) is 5.02 Å². The van der Waals surface area contributed by atoms with E-state index >= 15 is 0 Å². The van der Waals surface area contributed by atoms with E-state index in [1.165, 1.54) is 7.05 Å². The van der Waals surface area contributed by atoms with Gasteiger partial charge in [-0.1, -0.05) is 11.6 Å². The van der Waals surface area contributed by atoms with Gasteiger partial charge in [0.25, 0.3) is 12.9 Å². The average molecular weight is 412 g/mol. The van der Waals surface area contributed by atoms with Gasteiger partial charge in [-0.15, -0.1) is 0 Å². The van der Waals surface area contributed by atoms with Crippen LogP contribution in [0.3, 0.4) is 0 Å². The van der Waals surface area contributed by atoms with E-state index in [0.717, 1.165) is 10.9 Å². The molecule has 0 aliphatic rings. The largest absolute Gasteiger partial charge is 0.462 e. The second-order valence-electron chi connectivity index (χ2n) is 5.14. The fourth-order valence-electron chi connectivity index (χ4n) is 2.19. The van der Waals surface area contributed by atoms with Crippen LogP contribution in [0, 0.1) is 0 Å². The summed E-state index contributed by atoms with van der Waals surface area (Å²) in [6, 6.07) is 0. The molecule has 0 fully saturated rings. The van der Waals surface area contributed by atoms with E-state index in [1.807, 2.05) is 0 Å². The fraction of sp³-hybridized carbons (Fsp3) is 0.429. The lowest BCUT2D eigenvalue weighted by molar-refractivity contribution is -0.117. The van der Waals surface area contributed by atoms with E-state index in [2.05, 4.69) is 15.5 Å². The van der Waals surface area contributed by atoms with E-state index in [4.69, 9.17) is 16.3 Å². The van der Waals surface area contributed by atoms with Crippen LogP contribution in [0.15, 0.2) is 6.20 Å². The Morgan fingerprint density at radius 3 is 2.52 bits per heavy atom. The molecule has 13 heteroatoms. The van der Waals surface area contributed by atoms with Gasteiger partial charge in [0.1, 0.15) is 29.3 Å². The Morgan fingerprint density at radius 1 is 1.30 bits per heavy atom. The highest BCUT2D eigenvalue weighted by molar-refractivity contribution is 6.32. The summed E-state index contributed by atoms with van der Waals surface area (Å²) in [4.78, 5) is 24.0. The summed E-state index contributed by atoms with van der Waals surface area (Å²) in [6.07, 6.45) is -5.26. The Kier molecular flexibility index (Phi) is 6.41. The fourth-order valence-corrected chi connectivity index (χ4v) is 2.49. The summed E-state index contributed by atoms with van der Waals surface area (Å²) in [5.74, 6) is -1.72. The first kappa shape index (κ1) is 20.7. The minimum atomic E-state index is -3.22. The topological polar surface area (TPSA) is 91.0 Å². The van der Waals surface area contributed by atoms with Crippen LogP contribution in [-0.4, -0.2) is 38.0 Å². The number of alkyl halides is 4. The second-order valence-corrected chi connectivity index (χ2v) is 5.52. The molecule has 8 nitrogen and oxygen atoms in total. The molecular weight excluding hydrogens is 398 g/mol. The molecule has 2 heterocycles. The molecule has 2 aromatic heterocycles. The smallest absolute Gasteiger partial charge is 0.343 e.